The van der Waals surface area contributed by atoms with Gasteiger partial charge < -0.3 is 15.4 Å². The van der Waals surface area contributed by atoms with Gasteiger partial charge in [0, 0.05) is 25.4 Å². The second-order valence-corrected chi connectivity index (χ2v) is 6.99. The molecule has 1 atom stereocenters. The average Bonchev–Trinajstić information content (AvgIpc) is 3.04. The van der Waals surface area contributed by atoms with Gasteiger partial charge >= 0.3 is 0 Å². The molecule has 0 spiro atoms. The molecule has 1 saturated heterocycles. The maximum Gasteiger partial charge on any atom is 0.191 e. The second-order valence-electron chi connectivity index (χ2n) is 5.58. The van der Waals surface area contributed by atoms with Crippen molar-refractivity contribution < 1.29 is 4.74 Å². The molecule has 4 nitrogen and oxygen atoms in total. The smallest absolute Gasteiger partial charge is 0.191 e. The molecule has 1 heterocycles. The first-order valence-electron chi connectivity index (χ1n) is 7.92. The lowest BCUT2D eigenvalue weighted by molar-refractivity contribution is 0.409. The fraction of sp³-hybridized carbons (Fsp3) is 0.588. The first kappa shape index (κ1) is 20.4. The second kappa shape index (κ2) is 11.0. The highest BCUT2D eigenvalue weighted by molar-refractivity contribution is 14.0. The molecule has 1 fully saturated rings. The Morgan fingerprint density at radius 2 is 2.22 bits per heavy atom. The van der Waals surface area contributed by atoms with Gasteiger partial charge in [-0.05, 0) is 43.6 Å². The van der Waals surface area contributed by atoms with Crippen LogP contribution >= 0.6 is 35.7 Å². The lowest BCUT2D eigenvalue weighted by Crippen LogP contribution is -2.40. The number of aliphatic imine (C=N–C) groups is 1. The number of benzene rings is 1. The molecule has 0 aromatic heterocycles. The molecule has 0 bridgehead atoms. The molecule has 1 aromatic carbocycles. The summed E-state index contributed by atoms with van der Waals surface area (Å²) >= 11 is 2.06. The lowest BCUT2D eigenvalue weighted by Gasteiger charge is -2.15. The van der Waals surface area contributed by atoms with Gasteiger partial charge in [0.2, 0.25) is 0 Å². The van der Waals surface area contributed by atoms with E-state index in [2.05, 4.69) is 46.4 Å². The molecule has 2 rings (SSSR count). The molecule has 0 amide bonds. The van der Waals surface area contributed by atoms with Crippen molar-refractivity contribution >= 4 is 41.7 Å². The van der Waals surface area contributed by atoms with Crippen molar-refractivity contribution in [2.45, 2.75) is 31.4 Å². The van der Waals surface area contributed by atoms with E-state index in [4.69, 9.17) is 4.74 Å². The summed E-state index contributed by atoms with van der Waals surface area (Å²) in [7, 11) is 3.55. The van der Waals surface area contributed by atoms with Crippen LogP contribution in [0.5, 0.6) is 5.75 Å². The van der Waals surface area contributed by atoms with E-state index < -0.39 is 0 Å². The van der Waals surface area contributed by atoms with Crippen LogP contribution in [0.2, 0.25) is 0 Å². The van der Waals surface area contributed by atoms with E-state index in [1.165, 1.54) is 29.7 Å². The Bertz CT molecular complexity index is 505. The Morgan fingerprint density at radius 3 is 2.87 bits per heavy atom. The monoisotopic (exact) mass is 449 g/mol. The van der Waals surface area contributed by atoms with Crippen LogP contribution in [0.3, 0.4) is 0 Å². The number of hydrogen-bond acceptors (Lipinski definition) is 3. The van der Waals surface area contributed by atoms with Crippen LogP contribution in [-0.2, 0) is 6.42 Å². The van der Waals surface area contributed by atoms with Crippen molar-refractivity contribution in [1.29, 1.82) is 0 Å². The molecule has 2 N–H and O–H groups in total. The van der Waals surface area contributed by atoms with E-state index in [0.29, 0.717) is 0 Å². The van der Waals surface area contributed by atoms with E-state index in [-0.39, 0.29) is 24.0 Å². The van der Waals surface area contributed by atoms with E-state index in [1.807, 2.05) is 13.1 Å². The summed E-state index contributed by atoms with van der Waals surface area (Å²) in [6, 6.07) is 6.30. The SMILES string of the molecule is CN=C(NCCc1cc(C)ccc1OC)NCC1CCCS1.I. The third-order valence-corrected chi connectivity index (χ3v) is 5.27. The molecule has 23 heavy (non-hydrogen) atoms. The number of nitrogens with one attached hydrogen (secondary N) is 2. The predicted octanol–water partition coefficient (Wildman–Crippen LogP) is 3.22. The Labute approximate surface area is 161 Å². The van der Waals surface area contributed by atoms with Crippen LogP contribution in [0.4, 0.5) is 0 Å². The normalized spacial score (nSPS) is 17.5. The van der Waals surface area contributed by atoms with Crippen molar-refractivity contribution in [3.63, 3.8) is 0 Å². The number of ether oxygens (including phenoxy) is 1. The molecule has 1 aliphatic heterocycles. The van der Waals surface area contributed by atoms with Gasteiger partial charge in [-0.25, -0.2) is 0 Å². The van der Waals surface area contributed by atoms with Crippen molar-refractivity contribution in [1.82, 2.24) is 10.6 Å². The predicted molar refractivity (Wildman–Crippen MR) is 112 cm³/mol. The zero-order valence-electron chi connectivity index (χ0n) is 14.2. The fourth-order valence-electron chi connectivity index (χ4n) is 2.65. The van der Waals surface area contributed by atoms with Crippen LogP contribution in [0, 0.1) is 6.92 Å². The minimum atomic E-state index is 0. The van der Waals surface area contributed by atoms with Crippen molar-refractivity contribution in [3.8, 4) is 5.75 Å². The minimum absolute atomic E-state index is 0. The number of halogens is 1. The molecule has 1 unspecified atom stereocenters. The van der Waals surface area contributed by atoms with E-state index in [9.17, 15) is 0 Å². The molecule has 6 heteroatoms. The number of hydrogen-bond donors (Lipinski definition) is 2. The van der Waals surface area contributed by atoms with Crippen molar-refractivity contribution in [2.75, 3.05) is 33.0 Å². The third-order valence-electron chi connectivity index (χ3n) is 3.87. The molecule has 1 aliphatic rings. The number of aryl methyl sites for hydroxylation is 1. The summed E-state index contributed by atoms with van der Waals surface area (Å²) in [6.45, 7) is 3.95. The Hall–Kier alpha value is -0.630. The van der Waals surface area contributed by atoms with Crippen LogP contribution in [0.15, 0.2) is 23.2 Å². The summed E-state index contributed by atoms with van der Waals surface area (Å²) in [6.07, 6.45) is 3.58. The van der Waals surface area contributed by atoms with Gasteiger partial charge in [-0.2, -0.15) is 11.8 Å². The zero-order chi connectivity index (χ0) is 15.8. The summed E-state index contributed by atoms with van der Waals surface area (Å²) in [4.78, 5) is 4.29. The number of thioether (sulfide) groups is 1. The van der Waals surface area contributed by atoms with Gasteiger partial charge in [-0.15, -0.1) is 24.0 Å². The minimum Gasteiger partial charge on any atom is -0.496 e. The number of nitrogens with zero attached hydrogens (tertiary/aromatic N) is 1. The molecule has 0 radical (unpaired) electrons. The Morgan fingerprint density at radius 1 is 1.39 bits per heavy atom. The molecule has 0 saturated carbocycles. The summed E-state index contributed by atoms with van der Waals surface area (Å²) in [5, 5.41) is 7.54. The number of guanidine groups is 1. The summed E-state index contributed by atoms with van der Waals surface area (Å²) in [5.74, 6) is 3.14. The van der Waals surface area contributed by atoms with Crippen LogP contribution in [0.1, 0.15) is 24.0 Å². The average molecular weight is 449 g/mol. The van der Waals surface area contributed by atoms with E-state index in [0.717, 1.165) is 36.5 Å². The highest BCUT2D eigenvalue weighted by Gasteiger charge is 2.15. The maximum atomic E-state index is 5.42. The van der Waals surface area contributed by atoms with Gasteiger partial charge in [0.25, 0.3) is 0 Å². The van der Waals surface area contributed by atoms with E-state index >= 15 is 0 Å². The largest absolute Gasteiger partial charge is 0.496 e. The zero-order valence-corrected chi connectivity index (χ0v) is 17.4. The quantitative estimate of drug-likeness (QED) is 0.398. The van der Waals surface area contributed by atoms with Gasteiger partial charge in [-0.1, -0.05) is 17.7 Å². The maximum absolute atomic E-state index is 5.42. The molecular weight excluding hydrogens is 421 g/mol. The standard InChI is InChI=1S/C17H27N3OS.HI/c1-13-6-7-16(21-3)14(11-13)8-9-19-17(18-2)20-12-15-5-4-10-22-15;/h6-7,11,15H,4-5,8-10,12H2,1-3H3,(H2,18,19,20);1H. The lowest BCUT2D eigenvalue weighted by atomic mass is 10.1. The Balaban J connectivity index is 0.00000264. The highest BCUT2D eigenvalue weighted by atomic mass is 127. The van der Waals surface area contributed by atoms with Crippen LogP contribution in [-0.4, -0.2) is 44.2 Å². The molecule has 130 valence electrons. The third kappa shape index (κ3) is 6.79. The molecule has 1 aromatic rings. The topological polar surface area (TPSA) is 45.7 Å². The van der Waals surface area contributed by atoms with Crippen molar-refractivity contribution in [3.05, 3.63) is 29.3 Å². The first-order chi connectivity index (χ1) is 10.7. The summed E-state index contributed by atoms with van der Waals surface area (Å²) < 4.78 is 5.42. The van der Waals surface area contributed by atoms with Gasteiger partial charge in [0.1, 0.15) is 5.75 Å². The first-order valence-corrected chi connectivity index (χ1v) is 8.97. The van der Waals surface area contributed by atoms with Gasteiger partial charge in [0.15, 0.2) is 5.96 Å². The van der Waals surface area contributed by atoms with Crippen molar-refractivity contribution in [2.24, 2.45) is 4.99 Å². The van der Waals surface area contributed by atoms with Crippen LogP contribution < -0.4 is 15.4 Å². The summed E-state index contributed by atoms with van der Waals surface area (Å²) in [5.41, 5.74) is 2.49. The molecule has 0 aliphatic carbocycles. The number of rotatable bonds is 6. The highest BCUT2D eigenvalue weighted by Crippen LogP contribution is 2.25. The van der Waals surface area contributed by atoms with Gasteiger partial charge in [-0.3, -0.25) is 4.99 Å². The fourth-order valence-corrected chi connectivity index (χ4v) is 3.86. The Kier molecular flexibility index (Phi) is 9.78. The molecular formula is C17H28IN3OS. The van der Waals surface area contributed by atoms with Gasteiger partial charge in [0.05, 0.1) is 7.11 Å². The van der Waals surface area contributed by atoms with E-state index in [1.54, 1.807) is 7.11 Å². The van der Waals surface area contributed by atoms with Crippen LogP contribution in [0.25, 0.3) is 0 Å². The number of methoxy groups -OCH3 is 1.